The van der Waals surface area contributed by atoms with Crippen LogP contribution in [0.2, 0.25) is 10.0 Å². The van der Waals surface area contributed by atoms with Crippen LogP contribution in [0.4, 0.5) is 11.4 Å². The van der Waals surface area contributed by atoms with Crippen LogP contribution >= 0.6 is 23.2 Å². The normalized spacial score (nSPS) is 16.0. The van der Waals surface area contributed by atoms with E-state index >= 15 is 0 Å². The topological polar surface area (TPSA) is 15.6 Å². The fraction of sp³-hybridized carbons (Fsp3) is 0.318. The highest BCUT2D eigenvalue weighted by atomic mass is 35.5. The maximum Gasteiger partial charge on any atom is 0.0848 e. The molecule has 0 bridgehead atoms. The second-order valence-corrected chi connectivity index (χ2v) is 8.07. The minimum Gasteiger partial charge on any atom is -0.363 e. The van der Waals surface area contributed by atoms with E-state index in [4.69, 9.17) is 23.2 Å². The Balaban J connectivity index is 2.06. The van der Waals surface area contributed by atoms with E-state index in [0.29, 0.717) is 15.7 Å². The average Bonchev–Trinajstić information content (AvgIpc) is 2.56. The van der Waals surface area contributed by atoms with Gasteiger partial charge in [-0.15, -0.1) is 0 Å². The van der Waals surface area contributed by atoms with Gasteiger partial charge < -0.3 is 4.90 Å². The molecule has 0 saturated carbocycles. The summed E-state index contributed by atoms with van der Waals surface area (Å²) in [7, 11) is 0. The number of likely N-dealkylation sites (N-methyl/N-ethyl adjacent to an activating group) is 1. The van der Waals surface area contributed by atoms with E-state index in [9.17, 15) is 0 Å². The molecule has 136 valence electrons. The summed E-state index contributed by atoms with van der Waals surface area (Å²) in [5.74, 6) is 0. The van der Waals surface area contributed by atoms with E-state index in [1.54, 1.807) is 6.07 Å². The summed E-state index contributed by atoms with van der Waals surface area (Å²) in [4.78, 5) is 7.01. The van der Waals surface area contributed by atoms with Gasteiger partial charge in [-0.2, -0.15) is 0 Å². The molecule has 2 aromatic carbocycles. The third kappa shape index (κ3) is 3.41. The molecule has 3 rings (SSSR count). The molecule has 0 radical (unpaired) electrons. The van der Waals surface area contributed by atoms with Crippen molar-refractivity contribution in [2.24, 2.45) is 4.99 Å². The number of hydrogen-bond donors (Lipinski definition) is 0. The lowest BCUT2D eigenvalue weighted by atomic mass is 9.87. The van der Waals surface area contributed by atoms with Crippen molar-refractivity contribution in [3.8, 4) is 0 Å². The molecular weight excluding hydrogens is 363 g/mol. The SMILES string of the molecule is CCN1c2cc(C)c(C=Nc3cccc(Cl)c3Cl)cc2C(C)=CC1(C)C. The number of aliphatic imine (C=N–C) groups is 1. The quantitative estimate of drug-likeness (QED) is 0.514. The Morgan fingerprint density at radius 2 is 1.88 bits per heavy atom. The summed E-state index contributed by atoms with van der Waals surface area (Å²) in [6.07, 6.45) is 4.21. The Hall–Kier alpha value is -1.77. The van der Waals surface area contributed by atoms with Crippen molar-refractivity contribution >= 4 is 46.4 Å². The van der Waals surface area contributed by atoms with Gasteiger partial charge in [0.05, 0.1) is 21.3 Å². The molecule has 2 nitrogen and oxygen atoms in total. The zero-order valence-electron chi connectivity index (χ0n) is 15.9. The molecule has 0 aliphatic carbocycles. The first kappa shape index (κ1) is 19.0. The van der Waals surface area contributed by atoms with E-state index in [1.165, 1.54) is 22.4 Å². The fourth-order valence-corrected chi connectivity index (χ4v) is 4.04. The van der Waals surface area contributed by atoms with Gasteiger partial charge in [0.15, 0.2) is 0 Å². The largest absolute Gasteiger partial charge is 0.363 e. The van der Waals surface area contributed by atoms with Crippen molar-refractivity contribution in [3.63, 3.8) is 0 Å². The Labute approximate surface area is 166 Å². The van der Waals surface area contributed by atoms with Crippen molar-refractivity contribution in [1.29, 1.82) is 0 Å². The van der Waals surface area contributed by atoms with E-state index in [0.717, 1.165) is 12.1 Å². The molecular formula is C22H24Cl2N2. The van der Waals surface area contributed by atoms with Gasteiger partial charge in [-0.25, -0.2) is 0 Å². The zero-order chi connectivity index (χ0) is 19.1. The van der Waals surface area contributed by atoms with E-state index in [1.807, 2.05) is 18.3 Å². The Kier molecular flexibility index (Phi) is 5.18. The molecule has 4 heteroatoms. The Bertz CT molecular complexity index is 911. The highest BCUT2D eigenvalue weighted by Gasteiger charge is 2.30. The molecule has 2 aromatic rings. The lowest BCUT2D eigenvalue weighted by Gasteiger charge is -2.43. The maximum atomic E-state index is 6.25. The predicted molar refractivity (Wildman–Crippen MR) is 116 cm³/mol. The fourth-order valence-electron chi connectivity index (χ4n) is 3.69. The molecule has 0 atom stereocenters. The number of hydrogen-bond acceptors (Lipinski definition) is 2. The highest BCUT2D eigenvalue weighted by molar-refractivity contribution is 6.43. The molecule has 0 saturated heterocycles. The third-order valence-corrected chi connectivity index (χ3v) is 5.76. The van der Waals surface area contributed by atoms with Gasteiger partial charge >= 0.3 is 0 Å². The molecule has 0 spiro atoms. The maximum absolute atomic E-state index is 6.25. The van der Waals surface area contributed by atoms with Gasteiger partial charge in [-0.05, 0) is 75.6 Å². The number of fused-ring (bicyclic) bond motifs is 1. The van der Waals surface area contributed by atoms with Crippen LogP contribution in [0.5, 0.6) is 0 Å². The lowest BCUT2D eigenvalue weighted by molar-refractivity contribution is 0.566. The van der Waals surface area contributed by atoms with Crippen molar-refractivity contribution in [3.05, 3.63) is 63.1 Å². The molecule has 26 heavy (non-hydrogen) atoms. The van der Waals surface area contributed by atoms with Gasteiger partial charge in [0.1, 0.15) is 0 Å². The predicted octanol–water partition coefficient (Wildman–Crippen LogP) is 7.07. The molecule has 0 unspecified atom stereocenters. The van der Waals surface area contributed by atoms with Crippen molar-refractivity contribution < 1.29 is 0 Å². The molecule has 0 N–H and O–H groups in total. The highest BCUT2D eigenvalue weighted by Crippen LogP contribution is 2.40. The molecule has 0 amide bonds. The number of benzene rings is 2. The summed E-state index contributed by atoms with van der Waals surface area (Å²) in [5.41, 5.74) is 6.81. The molecule has 0 fully saturated rings. The number of halogens is 2. The first-order valence-electron chi connectivity index (χ1n) is 8.85. The number of anilines is 1. The smallest absolute Gasteiger partial charge is 0.0848 e. The summed E-state index contributed by atoms with van der Waals surface area (Å²) in [6.45, 7) is 12.0. The van der Waals surface area contributed by atoms with Crippen LogP contribution in [-0.2, 0) is 0 Å². The van der Waals surface area contributed by atoms with E-state index < -0.39 is 0 Å². The zero-order valence-corrected chi connectivity index (χ0v) is 17.4. The first-order valence-corrected chi connectivity index (χ1v) is 9.60. The number of aryl methyl sites for hydroxylation is 1. The van der Waals surface area contributed by atoms with Crippen LogP contribution in [0, 0.1) is 6.92 Å². The van der Waals surface area contributed by atoms with Gasteiger partial charge in [-0.3, -0.25) is 4.99 Å². The number of allylic oxidation sites excluding steroid dienone is 1. The van der Waals surface area contributed by atoms with Crippen molar-refractivity contribution in [1.82, 2.24) is 0 Å². The molecule has 1 aliphatic rings. The summed E-state index contributed by atoms with van der Waals surface area (Å²) in [6, 6.07) is 9.97. The van der Waals surface area contributed by atoms with E-state index in [2.05, 4.69) is 62.7 Å². The average molecular weight is 387 g/mol. The number of nitrogens with zero attached hydrogens (tertiary/aromatic N) is 2. The Morgan fingerprint density at radius 1 is 1.15 bits per heavy atom. The van der Waals surface area contributed by atoms with Crippen LogP contribution in [0.1, 0.15) is 44.4 Å². The third-order valence-electron chi connectivity index (χ3n) is 4.96. The minimum absolute atomic E-state index is 0.0161. The van der Waals surface area contributed by atoms with Gasteiger partial charge in [0.25, 0.3) is 0 Å². The monoisotopic (exact) mass is 386 g/mol. The second-order valence-electron chi connectivity index (χ2n) is 7.28. The van der Waals surface area contributed by atoms with Gasteiger partial charge in [0.2, 0.25) is 0 Å². The van der Waals surface area contributed by atoms with Gasteiger partial charge in [0, 0.05) is 24.0 Å². The van der Waals surface area contributed by atoms with Crippen LogP contribution in [0.25, 0.3) is 5.57 Å². The van der Waals surface area contributed by atoms with Crippen molar-refractivity contribution in [2.45, 2.75) is 40.2 Å². The van der Waals surface area contributed by atoms with Crippen LogP contribution in [0.15, 0.2) is 41.4 Å². The standard InChI is InChI=1S/C22H24Cl2N2/c1-6-26-20-10-14(2)16(11-17(20)15(3)12-22(26,4)5)13-25-19-9-7-8-18(23)21(19)24/h7-13H,6H2,1-5H3. The lowest BCUT2D eigenvalue weighted by Crippen LogP contribution is -2.45. The summed E-state index contributed by atoms with van der Waals surface area (Å²) >= 11 is 12.3. The second kappa shape index (κ2) is 7.09. The minimum atomic E-state index is 0.0161. The van der Waals surface area contributed by atoms with Crippen LogP contribution in [-0.4, -0.2) is 18.3 Å². The molecule has 0 aromatic heterocycles. The summed E-state index contributed by atoms with van der Waals surface area (Å²) in [5, 5.41) is 0.999. The Morgan fingerprint density at radius 3 is 2.58 bits per heavy atom. The number of rotatable bonds is 3. The molecule has 1 heterocycles. The van der Waals surface area contributed by atoms with Crippen LogP contribution in [0.3, 0.4) is 0 Å². The molecule has 1 aliphatic heterocycles. The summed E-state index contributed by atoms with van der Waals surface area (Å²) < 4.78 is 0. The van der Waals surface area contributed by atoms with Gasteiger partial charge in [-0.1, -0.05) is 35.3 Å². The first-order chi connectivity index (χ1) is 12.2. The van der Waals surface area contributed by atoms with Crippen LogP contribution < -0.4 is 4.90 Å². The van der Waals surface area contributed by atoms with E-state index in [-0.39, 0.29) is 5.54 Å². The van der Waals surface area contributed by atoms with Crippen molar-refractivity contribution in [2.75, 3.05) is 11.4 Å².